The molecule has 1 aromatic rings. The van der Waals surface area contributed by atoms with Gasteiger partial charge in [0.25, 0.3) is 0 Å². The first-order valence-corrected chi connectivity index (χ1v) is 9.01. The number of carbonyl (C=O) groups is 3. The van der Waals surface area contributed by atoms with E-state index < -0.39 is 12.0 Å². The van der Waals surface area contributed by atoms with Crippen LogP contribution in [0.15, 0.2) is 24.3 Å². The summed E-state index contributed by atoms with van der Waals surface area (Å²) in [7, 11) is 4.36. The molecule has 8 heteroatoms. The lowest BCUT2D eigenvalue weighted by molar-refractivity contribution is -0.149. The van der Waals surface area contributed by atoms with Crippen LogP contribution in [0.3, 0.4) is 0 Å². The minimum Gasteiger partial charge on any atom is -0.493 e. The standard InChI is InChI=1S/C20H26N2O6/c1-5-18(23)21-14-11-15(20(25)28-4)22(12-14)19(24)9-7-13-6-8-16(26-2)17(10-13)27-3/h6-10,14-15H,5,11-12H2,1-4H3,(H,21,23)/b9-7+. The van der Waals surface area contributed by atoms with Crippen LogP contribution in [0.4, 0.5) is 0 Å². The molecule has 2 amide bonds. The van der Waals surface area contributed by atoms with Crippen LogP contribution in [-0.2, 0) is 19.1 Å². The normalized spacial score (nSPS) is 18.8. The van der Waals surface area contributed by atoms with Crippen molar-refractivity contribution < 1.29 is 28.6 Å². The van der Waals surface area contributed by atoms with E-state index in [9.17, 15) is 14.4 Å². The molecule has 1 aromatic carbocycles. The van der Waals surface area contributed by atoms with Crippen LogP contribution < -0.4 is 14.8 Å². The smallest absolute Gasteiger partial charge is 0.328 e. The lowest BCUT2D eigenvalue weighted by Gasteiger charge is -2.20. The van der Waals surface area contributed by atoms with Crippen LogP contribution in [0.2, 0.25) is 0 Å². The molecule has 1 fully saturated rings. The quantitative estimate of drug-likeness (QED) is 0.558. The zero-order chi connectivity index (χ0) is 20.7. The van der Waals surface area contributed by atoms with Crippen molar-refractivity contribution in [3.8, 4) is 11.5 Å². The molecular weight excluding hydrogens is 364 g/mol. The molecule has 0 bridgehead atoms. The number of ether oxygens (including phenoxy) is 3. The molecule has 0 aromatic heterocycles. The first kappa shape index (κ1) is 21.3. The van der Waals surface area contributed by atoms with Crippen LogP contribution in [-0.4, -0.2) is 62.6 Å². The third kappa shape index (κ3) is 5.03. The molecule has 0 saturated carbocycles. The van der Waals surface area contributed by atoms with Crippen LogP contribution >= 0.6 is 0 Å². The van der Waals surface area contributed by atoms with Gasteiger partial charge in [0.15, 0.2) is 11.5 Å². The zero-order valence-electron chi connectivity index (χ0n) is 16.6. The van der Waals surface area contributed by atoms with Gasteiger partial charge in [0.05, 0.1) is 21.3 Å². The van der Waals surface area contributed by atoms with Crippen molar-refractivity contribution in [1.82, 2.24) is 10.2 Å². The van der Waals surface area contributed by atoms with Crippen molar-refractivity contribution in [1.29, 1.82) is 0 Å². The molecule has 1 N–H and O–H groups in total. The summed E-state index contributed by atoms with van der Waals surface area (Å²) in [6.07, 6.45) is 3.69. The third-order valence-corrected chi connectivity index (χ3v) is 4.57. The number of carbonyl (C=O) groups excluding carboxylic acids is 3. The van der Waals surface area contributed by atoms with Gasteiger partial charge in [-0.2, -0.15) is 0 Å². The first-order chi connectivity index (χ1) is 13.4. The van der Waals surface area contributed by atoms with Crippen molar-refractivity contribution in [3.63, 3.8) is 0 Å². The minimum absolute atomic E-state index is 0.121. The van der Waals surface area contributed by atoms with Crippen LogP contribution in [0.1, 0.15) is 25.3 Å². The molecule has 2 unspecified atom stereocenters. The Balaban J connectivity index is 2.14. The van der Waals surface area contributed by atoms with Crippen molar-refractivity contribution >= 4 is 23.9 Å². The molecule has 1 heterocycles. The number of benzene rings is 1. The average Bonchev–Trinajstić information content (AvgIpc) is 3.14. The molecule has 0 aliphatic carbocycles. The van der Waals surface area contributed by atoms with Gasteiger partial charge in [-0.25, -0.2) is 4.79 Å². The number of nitrogens with zero attached hydrogens (tertiary/aromatic N) is 1. The van der Waals surface area contributed by atoms with Gasteiger partial charge in [-0.15, -0.1) is 0 Å². The lowest BCUT2D eigenvalue weighted by atomic mass is 10.1. The van der Waals surface area contributed by atoms with E-state index >= 15 is 0 Å². The summed E-state index contributed by atoms with van der Waals surface area (Å²) < 4.78 is 15.3. The van der Waals surface area contributed by atoms with E-state index in [0.717, 1.165) is 5.56 Å². The van der Waals surface area contributed by atoms with Gasteiger partial charge in [-0.1, -0.05) is 13.0 Å². The fourth-order valence-electron chi connectivity index (χ4n) is 3.09. The van der Waals surface area contributed by atoms with Crippen molar-refractivity contribution in [2.45, 2.75) is 31.8 Å². The van der Waals surface area contributed by atoms with E-state index in [-0.39, 0.29) is 24.4 Å². The van der Waals surface area contributed by atoms with Crippen LogP contribution in [0, 0.1) is 0 Å². The van der Waals surface area contributed by atoms with Crippen LogP contribution in [0.25, 0.3) is 6.08 Å². The maximum absolute atomic E-state index is 12.7. The van der Waals surface area contributed by atoms with Crippen molar-refractivity contribution in [2.24, 2.45) is 0 Å². The van der Waals surface area contributed by atoms with Gasteiger partial charge in [-0.3, -0.25) is 9.59 Å². The van der Waals surface area contributed by atoms with Gasteiger partial charge < -0.3 is 24.4 Å². The van der Waals surface area contributed by atoms with E-state index in [4.69, 9.17) is 14.2 Å². The maximum Gasteiger partial charge on any atom is 0.328 e. The summed E-state index contributed by atoms with van der Waals surface area (Å²) in [5.41, 5.74) is 0.746. The molecule has 2 rings (SSSR count). The molecular formula is C20H26N2O6. The molecule has 1 aliphatic heterocycles. The number of likely N-dealkylation sites (tertiary alicyclic amines) is 1. The van der Waals surface area contributed by atoms with Crippen molar-refractivity contribution in [3.05, 3.63) is 29.8 Å². The second-order valence-electron chi connectivity index (χ2n) is 6.33. The number of amides is 2. The first-order valence-electron chi connectivity index (χ1n) is 9.01. The molecule has 28 heavy (non-hydrogen) atoms. The Kier molecular flexibility index (Phi) is 7.43. The van der Waals surface area contributed by atoms with E-state index in [2.05, 4.69) is 5.32 Å². The number of nitrogens with one attached hydrogen (secondary N) is 1. The second kappa shape index (κ2) is 9.77. The Morgan fingerprint density at radius 2 is 1.89 bits per heavy atom. The van der Waals surface area contributed by atoms with E-state index in [0.29, 0.717) is 24.3 Å². The largest absolute Gasteiger partial charge is 0.493 e. The summed E-state index contributed by atoms with van der Waals surface area (Å²) in [4.78, 5) is 37.8. The number of methoxy groups -OCH3 is 3. The van der Waals surface area contributed by atoms with E-state index in [1.54, 1.807) is 38.3 Å². The Bertz CT molecular complexity index is 761. The van der Waals surface area contributed by atoms with Gasteiger partial charge in [-0.05, 0) is 23.8 Å². The monoisotopic (exact) mass is 390 g/mol. The molecule has 2 atom stereocenters. The van der Waals surface area contributed by atoms with E-state index in [1.165, 1.54) is 25.2 Å². The molecule has 1 aliphatic rings. The summed E-state index contributed by atoms with van der Waals surface area (Å²) in [5.74, 6) is 0.183. The minimum atomic E-state index is -0.727. The molecule has 0 spiro atoms. The van der Waals surface area contributed by atoms with Gasteiger partial charge in [0.2, 0.25) is 11.8 Å². The number of esters is 1. The lowest BCUT2D eigenvalue weighted by Crippen LogP contribution is -2.41. The van der Waals surface area contributed by atoms with E-state index in [1.807, 2.05) is 0 Å². The summed E-state index contributed by atoms with van der Waals surface area (Å²) >= 11 is 0. The Morgan fingerprint density at radius 1 is 1.18 bits per heavy atom. The number of hydrogen-bond donors (Lipinski definition) is 1. The fraction of sp³-hybridized carbons (Fsp3) is 0.450. The Labute approximate surface area is 164 Å². The predicted octanol–water partition coefficient (Wildman–Crippen LogP) is 1.39. The highest BCUT2D eigenvalue weighted by atomic mass is 16.5. The summed E-state index contributed by atoms with van der Waals surface area (Å²) in [6, 6.07) is 4.27. The SMILES string of the molecule is CCC(=O)NC1CC(C(=O)OC)N(C(=O)/C=C/c2ccc(OC)c(OC)c2)C1. The van der Waals surface area contributed by atoms with Gasteiger partial charge in [0.1, 0.15) is 6.04 Å². The van der Waals surface area contributed by atoms with Crippen LogP contribution in [0.5, 0.6) is 11.5 Å². The summed E-state index contributed by atoms with van der Waals surface area (Å²) in [6.45, 7) is 2.00. The molecule has 8 nitrogen and oxygen atoms in total. The fourth-order valence-corrected chi connectivity index (χ4v) is 3.09. The van der Waals surface area contributed by atoms with Gasteiger partial charge >= 0.3 is 5.97 Å². The molecule has 152 valence electrons. The second-order valence-corrected chi connectivity index (χ2v) is 6.33. The Hall–Kier alpha value is -3.03. The highest BCUT2D eigenvalue weighted by molar-refractivity contribution is 5.95. The summed E-state index contributed by atoms with van der Waals surface area (Å²) in [5, 5.41) is 2.83. The molecule has 0 radical (unpaired) electrons. The van der Waals surface area contributed by atoms with Gasteiger partial charge in [0, 0.05) is 31.5 Å². The average molecular weight is 390 g/mol. The zero-order valence-corrected chi connectivity index (χ0v) is 16.6. The highest BCUT2D eigenvalue weighted by Crippen LogP contribution is 2.28. The topological polar surface area (TPSA) is 94.2 Å². The number of rotatable bonds is 7. The maximum atomic E-state index is 12.7. The van der Waals surface area contributed by atoms with Crippen molar-refractivity contribution in [2.75, 3.05) is 27.9 Å². The number of hydrogen-bond acceptors (Lipinski definition) is 6. The molecule has 1 saturated heterocycles. The predicted molar refractivity (Wildman–Crippen MR) is 103 cm³/mol. The third-order valence-electron chi connectivity index (χ3n) is 4.57. The highest BCUT2D eigenvalue weighted by Gasteiger charge is 2.40. The Morgan fingerprint density at radius 3 is 2.50 bits per heavy atom.